The summed E-state index contributed by atoms with van der Waals surface area (Å²) in [4.78, 5) is 14.5. The Balaban J connectivity index is 1.80. The molecule has 1 aliphatic heterocycles. The van der Waals surface area contributed by atoms with Crippen molar-refractivity contribution < 1.29 is 22.7 Å². The Bertz CT molecular complexity index is 1020. The van der Waals surface area contributed by atoms with Crippen LogP contribution in [0.25, 0.3) is 0 Å². The molecule has 29 heavy (non-hydrogen) atoms. The highest BCUT2D eigenvalue weighted by Gasteiger charge is 2.35. The van der Waals surface area contributed by atoms with Gasteiger partial charge in [0.1, 0.15) is 0 Å². The van der Waals surface area contributed by atoms with Gasteiger partial charge in [0, 0.05) is 11.8 Å². The second-order valence-corrected chi connectivity index (χ2v) is 8.88. The van der Waals surface area contributed by atoms with Gasteiger partial charge in [-0.3, -0.25) is 4.79 Å². The number of ether oxygens (including phenoxy) is 2. The van der Waals surface area contributed by atoms with Crippen LogP contribution in [-0.4, -0.2) is 45.1 Å². The van der Waals surface area contributed by atoms with Gasteiger partial charge in [0.05, 0.1) is 35.8 Å². The molecule has 1 atom stereocenters. The van der Waals surface area contributed by atoms with Crippen molar-refractivity contribution in [3.05, 3.63) is 54.1 Å². The first-order chi connectivity index (χ1) is 13.9. The minimum atomic E-state index is -3.16. The Morgan fingerprint density at radius 1 is 1.17 bits per heavy atom. The number of nitrogens with zero attached hydrogens (tertiary/aromatic N) is 2. The van der Waals surface area contributed by atoms with Gasteiger partial charge >= 0.3 is 0 Å². The zero-order valence-corrected chi connectivity index (χ0v) is 16.9. The molecule has 1 heterocycles. The molecule has 1 fully saturated rings. The van der Waals surface area contributed by atoms with E-state index in [1.165, 1.54) is 4.90 Å². The SMILES string of the molecule is CCOc1cc(C#N)ccc1OCC(=O)N(c1ccccc1)[C@@H]1CCS(=O)(=O)C1. The Labute approximate surface area is 170 Å². The van der Waals surface area contributed by atoms with Crippen molar-refractivity contribution in [2.75, 3.05) is 29.6 Å². The van der Waals surface area contributed by atoms with E-state index in [0.29, 0.717) is 35.8 Å². The maximum Gasteiger partial charge on any atom is 0.265 e. The highest BCUT2D eigenvalue weighted by atomic mass is 32.2. The molecule has 152 valence electrons. The van der Waals surface area contributed by atoms with Crippen LogP contribution in [-0.2, 0) is 14.6 Å². The molecule has 0 N–H and O–H groups in total. The van der Waals surface area contributed by atoms with Crippen LogP contribution in [0, 0.1) is 11.3 Å². The van der Waals surface area contributed by atoms with Crippen molar-refractivity contribution in [1.82, 2.24) is 0 Å². The summed E-state index contributed by atoms with van der Waals surface area (Å²) in [5.74, 6) is 0.402. The molecular formula is C21H22N2O5S. The van der Waals surface area contributed by atoms with E-state index in [9.17, 15) is 13.2 Å². The van der Waals surface area contributed by atoms with Crippen LogP contribution in [0.5, 0.6) is 11.5 Å². The fraction of sp³-hybridized carbons (Fsp3) is 0.333. The molecule has 0 aliphatic carbocycles. The summed E-state index contributed by atoms with van der Waals surface area (Å²) < 4.78 is 35.1. The summed E-state index contributed by atoms with van der Waals surface area (Å²) >= 11 is 0. The topological polar surface area (TPSA) is 96.7 Å². The molecule has 0 saturated carbocycles. The smallest absolute Gasteiger partial charge is 0.265 e. The minimum Gasteiger partial charge on any atom is -0.490 e. The van der Waals surface area contributed by atoms with Gasteiger partial charge in [0.25, 0.3) is 5.91 Å². The van der Waals surface area contributed by atoms with Gasteiger partial charge in [-0.2, -0.15) is 5.26 Å². The van der Waals surface area contributed by atoms with E-state index in [0.717, 1.165) is 0 Å². The van der Waals surface area contributed by atoms with Crippen LogP contribution in [0.4, 0.5) is 5.69 Å². The van der Waals surface area contributed by atoms with Gasteiger partial charge < -0.3 is 14.4 Å². The molecule has 0 radical (unpaired) electrons. The summed E-state index contributed by atoms with van der Waals surface area (Å²) in [6, 6.07) is 15.3. The summed E-state index contributed by atoms with van der Waals surface area (Å²) in [5, 5.41) is 9.05. The fourth-order valence-corrected chi connectivity index (χ4v) is 5.00. The Morgan fingerprint density at radius 2 is 1.93 bits per heavy atom. The van der Waals surface area contributed by atoms with Crippen LogP contribution in [0.1, 0.15) is 18.9 Å². The van der Waals surface area contributed by atoms with Crippen molar-refractivity contribution in [2.24, 2.45) is 0 Å². The zero-order chi connectivity index (χ0) is 20.9. The average Bonchev–Trinajstić information content (AvgIpc) is 3.07. The summed E-state index contributed by atoms with van der Waals surface area (Å²) in [6.07, 6.45) is 0.393. The number of rotatable bonds is 7. The number of anilines is 1. The number of hydrogen-bond acceptors (Lipinski definition) is 6. The number of sulfone groups is 1. The van der Waals surface area contributed by atoms with Crippen LogP contribution in [0.3, 0.4) is 0 Å². The third-order valence-electron chi connectivity index (χ3n) is 4.60. The van der Waals surface area contributed by atoms with E-state index in [1.54, 1.807) is 42.5 Å². The number of para-hydroxylation sites is 1. The summed E-state index contributed by atoms with van der Waals surface area (Å²) in [6.45, 7) is 1.92. The van der Waals surface area contributed by atoms with Gasteiger partial charge in [0.2, 0.25) is 0 Å². The molecule has 1 aliphatic rings. The lowest BCUT2D eigenvalue weighted by molar-refractivity contribution is -0.121. The number of amides is 1. The van der Waals surface area contributed by atoms with E-state index in [4.69, 9.17) is 14.7 Å². The largest absolute Gasteiger partial charge is 0.490 e. The monoisotopic (exact) mass is 414 g/mol. The van der Waals surface area contributed by atoms with Gasteiger partial charge in [-0.15, -0.1) is 0 Å². The van der Waals surface area contributed by atoms with E-state index in [2.05, 4.69) is 0 Å². The molecular weight excluding hydrogens is 392 g/mol. The van der Waals surface area contributed by atoms with Crippen molar-refractivity contribution in [2.45, 2.75) is 19.4 Å². The maximum absolute atomic E-state index is 13.0. The number of hydrogen-bond donors (Lipinski definition) is 0. The van der Waals surface area contributed by atoms with E-state index in [1.807, 2.05) is 19.1 Å². The molecule has 1 amide bonds. The molecule has 0 unspecified atom stereocenters. The van der Waals surface area contributed by atoms with E-state index < -0.39 is 15.9 Å². The zero-order valence-electron chi connectivity index (χ0n) is 16.1. The lowest BCUT2D eigenvalue weighted by Gasteiger charge is -2.28. The number of benzene rings is 2. The first-order valence-corrected chi connectivity index (χ1v) is 11.1. The molecule has 1 saturated heterocycles. The summed E-state index contributed by atoms with van der Waals surface area (Å²) in [7, 11) is -3.16. The van der Waals surface area contributed by atoms with Crippen LogP contribution in [0.15, 0.2) is 48.5 Å². The number of carbonyl (C=O) groups is 1. The third-order valence-corrected chi connectivity index (χ3v) is 6.35. The summed E-state index contributed by atoms with van der Waals surface area (Å²) in [5.41, 5.74) is 1.06. The van der Waals surface area contributed by atoms with Gasteiger partial charge in [-0.25, -0.2) is 8.42 Å². The molecule has 2 aromatic carbocycles. The average molecular weight is 414 g/mol. The van der Waals surface area contributed by atoms with Gasteiger partial charge in [-0.05, 0) is 37.6 Å². The van der Waals surface area contributed by atoms with Gasteiger partial charge in [0.15, 0.2) is 27.9 Å². The second-order valence-electron chi connectivity index (χ2n) is 6.65. The van der Waals surface area contributed by atoms with Crippen molar-refractivity contribution in [1.29, 1.82) is 5.26 Å². The normalized spacial score (nSPS) is 17.3. The number of nitriles is 1. The molecule has 7 nitrogen and oxygen atoms in total. The lowest BCUT2D eigenvalue weighted by Crippen LogP contribution is -2.43. The molecule has 2 aromatic rings. The quantitative estimate of drug-likeness (QED) is 0.691. The lowest BCUT2D eigenvalue weighted by atomic mass is 10.2. The van der Waals surface area contributed by atoms with Crippen molar-refractivity contribution in [3.63, 3.8) is 0 Å². The second kappa shape index (κ2) is 8.97. The predicted octanol–water partition coefficient (Wildman–Crippen LogP) is 2.56. The fourth-order valence-electron chi connectivity index (χ4n) is 3.30. The minimum absolute atomic E-state index is 0.0608. The van der Waals surface area contributed by atoms with E-state index >= 15 is 0 Å². The van der Waals surface area contributed by atoms with Crippen molar-refractivity contribution >= 4 is 21.4 Å². The first-order valence-electron chi connectivity index (χ1n) is 9.31. The standard InChI is InChI=1S/C21H22N2O5S/c1-2-27-20-12-16(13-22)8-9-19(20)28-14-21(24)23(17-6-4-3-5-7-17)18-10-11-29(25,26)15-18/h3-9,12,18H,2,10-11,14-15H2,1H3/t18-/m1/s1. The Morgan fingerprint density at radius 3 is 2.55 bits per heavy atom. The third kappa shape index (κ3) is 5.06. The molecule has 0 spiro atoms. The molecule has 0 bridgehead atoms. The molecule has 0 aromatic heterocycles. The van der Waals surface area contributed by atoms with Crippen LogP contribution < -0.4 is 14.4 Å². The highest BCUT2D eigenvalue weighted by molar-refractivity contribution is 7.91. The van der Waals surface area contributed by atoms with Crippen LogP contribution >= 0.6 is 0 Å². The predicted molar refractivity (Wildman–Crippen MR) is 109 cm³/mol. The highest BCUT2D eigenvalue weighted by Crippen LogP contribution is 2.29. The Kier molecular flexibility index (Phi) is 6.39. The first kappa shape index (κ1) is 20.7. The van der Waals surface area contributed by atoms with E-state index in [-0.39, 0.29) is 24.0 Å². The van der Waals surface area contributed by atoms with Gasteiger partial charge in [-0.1, -0.05) is 18.2 Å². The molecule has 3 rings (SSSR count). The number of carbonyl (C=O) groups excluding carboxylic acids is 1. The van der Waals surface area contributed by atoms with Crippen molar-refractivity contribution in [3.8, 4) is 17.6 Å². The van der Waals surface area contributed by atoms with Crippen LogP contribution in [0.2, 0.25) is 0 Å². The maximum atomic E-state index is 13.0. The molecule has 8 heteroatoms. The Hall–Kier alpha value is -3.05.